The lowest BCUT2D eigenvalue weighted by Crippen LogP contribution is -2.26. The van der Waals surface area contributed by atoms with Gasteiger partial charge >= 0.3 is 0 Å². The van der Waals surface area contributed by atoms with Gasteiger partial charge in [0.25, 0.3) is 5.91 Å². The number of hydrogen-bond donors (Lipinski definition) is 3. The number of hydrogen-bond acceptors (Lipinski definition) is 2. The van der Waals surface area contributed by atoms with Crippen molar-refractivity contribution < 1.29 is 9.18 Å². The Morgan fingerprint density at radius 3 is 2.68 bits per heavy atom. The first kappa shape index (κ1) is 17.0. The number of aromatic amines is 1. The van der Waals surface area contributed by atoms with Crippen LogP contribution in [0.4, 0.5) is 10.1 Å². The van der Waals surface area contributed by atoms with Crippen molar-refractivity contribution >= 4 is 22.5 Å². The van der Waals surface area contributed by atoms with Crippen LogP contribution >= 0.6 is 0 Å². The molecule has 0 saturated heterocycles. The number of rotatable bonds is 5. The van der Waals surface area contributed by atoms with Crippen molar-refractivity contribution in [2.75, 3.05) is 18.9 Å². The first-order valence-electron chi connectivity index (χ1n) is 8.34. The van der Waals surface area contributed by atoms with Crippen LogP contribution < -0.4 is 10.6 Å². The highest BCUT2D eigenvalue weighted by molar-refractivity contribution is 5.99. The molecule has 2 aromatic carbocycles. The zero-order chi connectivity index (χ0) is 18.0. The number of amides is 1. The Bertz CT molecular complexity index is 930. The number of H-pyrrole nitrogens is 1. The minimum absolute atomic E-state index is 0.120. The number of aryl methyl sites for hydroxylation is 2. The lowest BCUT2D eigenvalue weighted by atomic mass is 10.0. The molecule has 130 valence electrons. The maximum absolute atomic E-state index is 14.0. The van der Waals surface area contributed by atoms with Gasteiger partial charge in [-0.2, -0.15) is 0 Å². The van der Waals surface area contributed by atoms with Gasteiger partial charge in [-0.25, -0.2) is 4.39 Å². The van der Waals surface area contributed by atoms with Crippen molar-refractivity contribution in [2.24, 2.45) is 0 Å². The Balaban J connectivity index is 1.77. The van der Waals surface area contributed by atoms with Crippen molar-refractivity contribution in [3.8, 4) is 0 Å². The fourth-order valence-corrected chi connectivity index (χ4v) is 3.25. The van der Waals surface area contributed by atoms with E-state index < -0.39 is 0 Å². The van der Waals surface area contributed by atoms with E-state index in [0.717, 1.165) is 27.9 Å². The van der Waals surface area contributed by atoms with E-state index in [1.807, 2.05) is 32.0 Å². The van der Waals surface area contributed by atoms with Gasteiger partial charge in [0.2, 0.25) is 0 Å². The summed E-state index contributed by atoms with van der Waals surface area (Å²) in [5, 5.41) is 6.89. The summed E-state index contributed by atoms with van der Waals surface area (Å²) in [5.74, 6) is -0.368. The minimum Gasteiger partial charge on any atom is -0.387 e. The molecule has 3 N–H and O–H groups in total. The van der Waals surface area contributed by atoms with Crippen LogP contribution in [-0.2, 0) is 6.42 Å². The molecule has 25 heavy (non-hydrogen) atoms. The number of para-hydroxylation sites is 1. The smallest absolute Gasteiger partial charge is 0.253 e. The average Bonchev–Trinajstić information content (AvgIpc) is 2.96. The third kappa shape index (κ3) is 3.22. The largest absolute Gasteiger partial charge is 0.387 e. The second-order valence-electron chi connectivity index (χ2n) is 6.14. The summed E-state index contributed by atoms with van der Waals surface area (Å²) < 4.78 is 14.0. The number of carbonyl (C=O) groups is 1. The van der Waals surface area contributed by atoms with Crippen molar-refractivity contribution in [1.29, 1.82) is 0 Å². The maximum Gasteiger partial charge on any atom is 0.253 e. The quantitative estimate of drug-likeness (QED) is 0.659. The Labute approximate surface area is 146 Å². The van der Waals surface area contributed by atoms with Gasteiger partial charge in [-0.15, -0.1) is 0 Å². The summed E-state index contributed by atoms with van der Waals surface area (Å²) in [7, 11) is 1.79. The highest BCUT2D eigenvalue weighted by Crippen LogP contribution is 2.27. The molecule has 3 aromatic rings. The Kier molecular flexibility index (Phi) is 4.74. The van der Waals surface area contributed by atoms with Crippen LogP contribution in [0.15, 0.2) is 36.4 Å². The zero-order valence-corrected chi connectivity index (χ0v) is 14.7. The predicted octanol–water partition coefficient (Wildman–Crippen LogP) is 3.94. The van der Waals surface area contributed by atoms with Crippen molar-refractivity contribution in [3.63, 3.8) is 0 Å². The molecular weight excluding hydrogens is 317 g/mol. The van der Waals surface area contributed by atoms with E-state index in [-0.39, 0.29) is 11.7 Å². The fourth-order valence-electron chi connectivity index (χ4n) is 3.25. The Morgan fingerprint density at radius 1 is 1.16 bits per heavy atom. The van der Waals surface area contributed by atoms with Crippen molar-refractivity contribution in [3.05, 3.63) is 64.6 Å². The second kappa shape index (κ2) is 6.97. The fraction of sp³-hybridized carbons (Fsp3) is 0.250. The molecular formula is C20H22FN3O. The SMILES string of the molecule is CNc1ccccc1C(=O)NCCc1c(C)[nH]c2c(F)ccc(C)c12. The summed E-state index contributed by atoms with van der Waals surface area (Å²) >= 11 is 0. The van der Waals surface area contributed by atoms with Gasteiger partial charge in [-0.3, -0.25) is 4.79 Å². The molecule has 0 radical (unpaired) electrons. The highest BCUT2D eigenvalue weighted by Gasteiger charge is 2.15. The summed E-state index contributed by atoms with van der Waals surface area (Å²) in [4.78, 5) is 15.5. The van der Waals surface area contributed by atoms with Crippen LogP contribution in [0.1, 0.15) is 27.2 Å². The first-order chi connectivity index (χ1) is 12.0. The molecule has 3 rings (SSSR count). The molecule has 0 atom stereocenters. The van der Waals surface area contributed by atoms with Crippen LogP contribution in [0.25, 0.3) is 10.9 Å². The average molecular weight is 339 g/mol. The normalized spacial score (nSPS) is 10.9. The van der Waals surface area contributed by atoms with E-state index >= 15 is 0 Å². The minimum atomic E-state index is -0.248. The number of halogens is 1. The first-order valence-corrected chi connectivity index (χ1v) is 8.34. The third-order valence-electron chi connectivity index (χ3n) is 4.53. The molecule has 4 nitrogen and oxygen atoms in total. The van der Waals surface area contributed by atoms with Gasteiger partial charge in [0, 0.05) is 30.4 Å². The summed E-state index contributed by atoms with van der Waals surface area (Å²) in [6, 6.07) is 10.6. The number of nitrogens with one attached hydrogen (secondary N) is 3. The molecule has 0 fully saturated rings. The monoisotopic (exact) mass is 339 g/mol. The molecule has 1 amide bonds. The van der Waals surface area contributed by atoms with Gasteiger partial charge in [0.1, 0.15) is 5.82 Å². The van der Waals surface area contributed by atoms with Crippen LogP contribution in [-0.4, -0.2) is 24.5 Å². The Hall–Kier alpha value is -2.82. The standard InChI is InChI=1S/C20H22FN3O/c1-12-8-9-16(21)19-18(12)14(13(2)24-19)10-11-23-20(25)15-6-4-5-7-17(15)22-3/h4-9,22,24H,10-11H2,1-3H3,(H,23,25). The van der Waals surface area contributed by atoms with Gasteiger partial charge in [0.15, 0.2) is 0 Å². The van der Waals surface area contributed by atoms with E-state index in [9.17, 15) is 9.18 Å². The van der Waals surface area contributed by atoms with E-state index in [1.54, 1.807) is 19.2 Å². The number of benzene rings is 2. The summed E-state index contributed by atoms with van der Waals surface area (Å²) in [6.45, 7) is 4.40. The molecule has 1 heterocycles. The van der Waals surface area contributed by atoms with Crippen molar-refractivity contribution in [2.45, 2.75) is 20.3 Å². The van der Waals surface area contributed by atoms with E-state index in [4.69, 9.17) is 0 Å². The van der Waals surface area contributed by atoms with E-state index in [0.29, 0.717) is 24.0 Å². The van der Waals surface area contributed by atoms with E-state index in [1.165, 1.54) is 6.07 Å². The molecule has 0 bridgehead atoms. The second-order valence-corrected chi connectivity index (χ2v) is 6.14. The van der Waals surface area contributed by atoms with Gasteiger partial charge < -0.3 is 15.6 Å². The van der Waals surface area contributed by atoms with Crippen molar-refractivity contribution in [1.82, 2.24) is 10.3 Å². The molecule has 0 unspecified atom stereocenters. The van der Waals surface area contributed by atoms with Gasteiger partial charge in [-0.1, -0.05) is 18.2 Å². The third-order valence-corrected chi connectivity index (χ3v) is 4.53. The molecule has 5 heteroatoms. The molecule has 0 saturated carbocycles. The maximum atomic E-state index is 14.0. The molecule has 0 spiro atoms. The molecule has 1 aromatic heterocycles. The summed E-state index contributed by atoms with van der Waals surface area (Å²) in [5.41, 5.74) is 4.97. The van der Waals surface area contributed by atoms with Crippen LogP contribution in [0, 0.1) is 19.7 Å². The van der Waals surface area contributed by atoms with Crippen LogP contribution in [0.2, 0.25) is 0 Å². The lowest BCUT2D eigenvalue weighted by Gasteiger charge is -2.10. The number of carbonyl (C=O) groups excluding carboxylic acids is 1. The topological polar surface area (TPSA) is 56.9 Å². The molecule has 0 aliphatic carbocycles. The number of aromatic nitrogens is 1. The van der Waals surface area contributed by atoms with Crippen LogP contribution in [0.3, 0.4) is 0 Å². The summed E-state index contributed by atoms with van der Waals surface area (Å²) in [6.07, 6.45) is 0.642. The van der Waals surface area contributed by atoms with Gasteiger partial charge in [-0.05, 0) is 49.6 Å². The van der Waals surface area contributed by atoms with Crippen LogP contribution in [0.5, 0.6) is 0 Å². The zero-order valence-electron chi connectivity index (χ0n) is 14.7. The number of fused-ring (bicyclic) bond motifs is 1. The van der Waals surface area contributed by atoms with Gasteiger partial charge in [0.05, 0.1) is 11.1 Å². The predicted molar refractivity (Wildman–Crippen MR) is 99.8 cm³/mol. The molecule has 0 aliphatic rings. The van der Waals surface area contributed by atoms with E-state index in [2.05, 4.69) is 15.6 Å². The Morgan fingerprint density at radius 2 is 1.92 bits per heavy atom. The lowest BCUT2D eigenvalue weighted by molar-refractivity contribution is 0.0955. The highest BCUT2D eigenvalue weighted by atomic mass is 19.1. The molecule has 0 aliphatic heterocycles. The number of anilines is 1.